The number of benzene rings is 2. The molecule has 4 heteroatoms. The van der Waals surface area contributed by atoms with Crippen molar-refractivity contribution in [2.45, 2.75) is 57.5 Å². The zero-order valence-corrected chi connectivity index (χ0v) is 17.2. The van der Waals surface area contributed by atoms with Crippen LogP contribution in [0.4, 0.5) is 0 Å². The summed E-state index contributed by atoms with van der Waals surface area (Å²) in [4.78, 5) is 17.5. The van der Waals surface area contributed by atoms with E-state index < -0.39 is 0 Å². The molecule has 0 saturated carbocycles. The number of carbonyl (C=O) groups excluding carboxylic acids is 1. The number of amides is 1. The summed E-state index contributed by atoms with van der Waals surface area (Å²) in [5, 5.41) is 0. The van der Waals surface area contributed by atoms with Crippen LogP contribution in [0.25, 0.3) is 11.1 Å². The van der Waals surface area contributed by atoms with Gasteiger partial charge in [-0.05, 0) is 40.2 Å². The Morgan fingerprint density at radius 2 is 1.97 bits per heavy atom. The Labute approximate surface area is 172 Å². The monoisotopic (exact) mass is 388 g/mol. The topological polar surface area (TPSA) is 32.8 Å². The molecule has 4 nitrogen and oxygen atoms in total. The van der Waals surface area contributed by atoms with Crippen molar-refractivity contribution in [2.75, 3.05) is 13.2 Å². The molecule has 0 unspecified atom stereocenters. The van der Waals surface area contributed by atoms with E-state index in [-0.39, 0.29) is 23.7 Å². The van der Waals surface area contributed by atoms with Gasteiger partial charge in [0.05, 0.1) is 18.7 Å². The summed E-state index contributed by atoms with van der Waals surface area (Å²) in [5.74, 6) is 0.713. The van der Waals surface area contributed by atoms with Crippen LogP contribution in [-0.4, -0.2) is 46.7 Å². The summed E-state index contributed by atoms with van der Waals surface area (Å²) in [6.07, 6.45) is 2.56. The summed E-state index contributed by atoms with van der Waals surface area (Å²) in [5.41, 5.74) is 6.58. The fourth-order valence-electron chi connectivity index (χ4n) is 6.17. The van der Waals surface area contributed by atoms with E-state index in [1.165, 1.54) is 27.8 Å². The first kappa shape index (κ1) is 17.7. The lowest BCUT2D eigenvalue weighted by molar-refractivity contribution is -0.139. The predicted molar refractivity (Wildman–Crippen MR) is 112 cm³/mol. The van der Waals surface area contributed by atoms with E-state index in [9.17, 15) is 4.79 Å². The number of fused-ring (bicyclic) bond motifs is 3. The van der Waals surface area contributed by atoms with Gasteiger partial charge in [0, 0.05) is 25.9 Å². The first-order valence-corrected chi connectivity index (χ1v) is 11.0. The average molecular weight is 389 g/mol. The Morgan fingerprint density at radius 1 is 1.14 bits per heavy atom. The highest BCUT2D eigenvalue weighted by Gasteiger charge is 2.64. The van der Waals surface area contributed by atoms with Crippen molar-refractivity contribution in [1.82, 2.24) is 9.80 Å². The molecule has 0 aromatic heterocycles. The number of carbonyl (C=O) groups is 1. The van der Waals surface area contributed by atoms with Crippen molar-refractivity contribution in [3.63, 3.8) is 0 Å². The Morgan fingerprint density at radius 3 is 2.83 bits per heavy atom. The smallest absolute Gasteiger partial charge is 0.226 e. The van der Waals surface area contributed by atoms with E-state index >= 15 is 0 Å². The summed E-state index contributed by atoms with van der Waals surface area (Å²) in [6, 6.07) is 16.1. The Kier molecular flexibility index (Phi) is 3.76. The lowest BCUT2D eigenvalue weighted by Gasteiger charge is -2.34. The molecule has 6 rings (SSSR count). The third-order valence-corrected chi connectivity index (χ3v) is 7.61. The highest BCUT2D eigenvalue weighted by molar-refractivity contribution is 5.82. The van der Waals surface area contributed by atoms with Gasteiger partial charge in [0.15, 0.2) is 5.72 Å². The second kappa shape index (κ2) is 6.16. The van der Waals surface area contributed by atoms with Gasteiger partial charge in [0.2, 0.25) is 5.91 Å². The first-order valence-electron chi connectivity index (χ1n) is 11.0. The molecule has 3 heterocycles. The Hall–Kier alpha value is -2.17. The standard InChI is InChI=1S/C25H28N2O2/c1-16(2)22-15-29-25-9-10-26(23(25)13-24(28)27(22)25)14-17-7-8-21-19(11-17)12-18-5-3-4-6-20(18)21/h3-8,11,16,22-23H,9-10,12-15H2,1-2H3/t22-,23+,25-/m0/s1. The highest BCUT2D eigenvalue weighted by Crippen LogP contribution is 2.49. The maximum atomic E-state index is 12.9. The maximum Gasteiger partial charge on any atom is 0.226 e. The number of nitrogens with zero attached hydrogens (tertiary/aromatic N) is 2. The third-order valence-electron chi connectivity index (χ3n) is 7.61. The van der Waals surface area contributed by atoms with Crippen LogP contribution >= 0.6 is 0 Å². The molecule has 1 amide bonds. The second-order valence-corrected chi connectivity index (χ2v) is 9.50. The molecule has 1 aliphatic carbocycles. The second-order valence-electron chi connectivity index (χ2n) is 9.50. The van der Waals surface area contributed by atoms with Crippen LogP contribution < -0.4 is 0 Å². The van der Waals surface area contributed by atoms with Crippen molar-refractivity contribution >= 4 is 5.91 Å². The van der Waals surface area contributed by atoms with Gasteiger partial charge in [0.1, 0.15) is 0 Å². The third kappa shape index (κ3) is 2.42. The van der Waals surface area contributed by atoms with Crippen molar-refractivity contribution in [3.8, 4) is 11.1 Å². The number of hydrogen-bond acceptors (Lipinski definition) is 3. The predicted octanol–water partition coefficient (Wildman–Crippen LogP) is 3.82. The molecule has 29 heavy (non-hydrogen) atoms. The molecule has 150 valence electrons. The molecule has 0 radical (unpaired) electrons. The van der Waals surface area contributed by atoms with Crippen LogP contribution in [0, 0.1) is 5.92 Å². The quantitative estimate of drug-likeness (QED) is 0.684. The van der Waals surface area contributed by atoms with Gasteiger partial charge >= 0.3 is 0 Å². The summed E-state index contributed by atoms with van der Waals surface area (Å²) < 4.78 is 6.38. The van der Waals surface area contributed by atoms with Crippen LogP contribution in [-0.2, 0) is 22.5 Å². The molecule has 3 atom stereocenters. The van der Waals surface area contributed by atoms with Gasteiger partial charge in [0.25, 0.3) is 0 Å². The van der Waals surface area contributed by atoms with Gasteiger partial charge in [-0.15, -0.1) is 0 Å². The number of likely N-dealkylation sites (tertiary alicyclic amines) is 1. The fraction of sp³-hybridized carbons (Fsp3) is 0.480. The van der Waals surface area contributed by atoms with Crippen LogP contribution in [0.1, 0.15) is 43.4 Å². The molecule has 2 aromatic carbocycles. The molecule has 1 spiro atoms. The minimum absolute atomic E-state index is 0.184. The minimum Gasteiger partial charge on any atom is -0.352 e. The molecule has 2 aromatic rings. The highest BCUT2D eigenvalue weighted by atomic mass is 16.5. The zero-order chi connectivity index (χ0) is 19.8. The SMILES string of the molecule is CC(C)[C@@H]1CO[C@@]23CCN(Cc4ccc5c(c4)Cc4ccccc4-5)[C@@H]2CC(=O)N13. The van der Waals surface area contributed by atoms with Crippen LogP contribution in [0.3, 0.4) is 0 Å². The summed E-state index contributed by atoms with van der Waals surface area (Å²) >= 11 is 0. The van der Waals surface area contributed by atoms with Gasteiger partial charge < -0.3 is 9.64 Å². The van der Waals surface area contributed by atoms with Crippen molar-refractivity contribution in [1.29, 1.82) is 0 Å². The molecule has 4 aliphatic rings. The summed E-state index contributed by atoms with van der Waals surface area (Å²) in [6.45, 7) is 6.97. The lowest BCUT2D eigenvalue weighted by atomic mass is 10.0. The van der Waals surface area contributed by atoms with Crippen LogP contribution in [0.5, 0.6) is 0 Å². The maximum absolute atomic E-state index is 12.9. The van der Waals surface area contributed by atoms with Gasteiger partial charge in [-0.1, -0.05) is 56.3 Å². The first-order chi connectivity index (χ1) is 14.1. The van der Waals surface area contributed by atoms with Crippen molar-refractivity contribution < 1.29 is 9.53 Å². The van der Waals surface area contributed by atoms with Crippen molar-refractivity contribution in [3.05, 3.63) is 59.2 Å². The van der Waals surface area contributed by atoms with Gasteiger partial charge in [-0.25, -0.2) is 0 Å². The molecule has 0 bridgehead atoms. The molecule has 0 N–H and O–H groups in total. The number of hydrogen-bond donors (Lipinski definition) is 0. The van der Waals surface area contributed by atoms with Crippen molar-refractivity contribution in [2.24, 2.45) is 5.92 Å². The van der Waals surface area contributed by atoms with E-state index in [0.717, 1.165) is 25.9 Å². The fourth-order valence-corrected chi connectivity index (χ4v) is 6.17. The van der Waals surface area contributed by atoms with E-state index in [1.807, 2.05) is 0 Å². The molecular weight excluding hydrogens is 360 g/mol. The largest absolute Gasteiger partial charge is 0.352 e. The van der Waals surface area contributed by atoms with Crippen LogP contribution in [0.15, 0.2) is 42.5 Å². The summed E-state index contributed by atoms with van der Waals surface area (Å²) in [7, 11) is 0. The molecule has 3 aliphatic heterocycles. The molecule has 3 saturated heterocycles. The Balaban J connectivity index is 1.25. The normalized spacial score (nSPS) is 30.0. The van der Waals surface area contributed by atoms with E-state index in [2.05, 4.69) is 66.1 Å². The average Bonchev–Trinajstić information content (AvgIpc) is 3.41. The molecular formula is C25H28N2O2. The van der Waals surface area contributed by atoms with Gasteiger partial charge in [-0.2, -0.15) is 0 Å². The van der Waals surface area contributed by atoms with E-state index in [0.29, 0.717) is 18.9 Å². The number of ether oxygens (including phenoxy) is 1. The van der Waals surface area contributed by atoms with E-state index in [4.69, 9.17) is 4.74 Å². The lowest BCUT2D eigenvalue weighted by Crippen LogP contribution is -2.50. The van der Waals surface area contributed by atoms with Crippen LogP contribution in [0.2, 0.25) is 0 Å². The number of rotatable bonds is 3. The van der Waals surface area contributed by atoms with Gasteiger partial charge in [-0.3, -0.25) is 9.69 Å². The minimum atomic E-state index is -0.376. The van der Waals surface area contributed by atoms with E-state index in [1.54, 1.807) is 0 Å². The molecule has 3 fully saturated rings. The zero-order valence-electron chi connectivity index (χ0n) is 17.2. The Bertz CT molecular complexity index is 1000.